The van der Waals surface area contributed by atoms with Crippen LogP contribution in [0.2, 0.25) is 0 Å². The van der Waals surface area contributed by atoms with Gasteiger partial charge in [0.2, 0.25) is 5.76 Å². The van der Waals surface area contributed by atoms with Gasteiger partial charge in [-0.05, 0) is 42.9 Å². The largest absolute Gasteiger partial charge is 0.438 e. The predicted octanol–water partition coefficient (Wildman–Crippen LogP) is 1.18. The van der Waals surface area contributed by atoms with Crippen molar-refractivity contribution < 1.29 is 14.3 Å². The molecule has 1 fully saturated rings. The van der Waals surface area contributed by atoms with E-state index in [2.05, 4.69) is 15.3 Å². The summed E-state index contributed by atoms with van der Waals surface area (Å²) in [5.74, 6) is 0.211. The van der Waals surface area contributed by atoms with E-state index in [9.17, 15) is 9.90 Å². The maximum atomic E-state index is 12.1. The average molecular weight is 287 g/mol. The number of aliphatic hydroxyl groups excluding tert-OH is 1. The van der Waals surface area contributed by atoms with Crippen LogP contribution in [0.1, 0.15) is 29.0 Å². The zero-order valence-electron chi connectivity index (χ0n) is 11.5. The van der Waals surface area contributed by atoms with E-state index < -0.39 is 0 Å². The molecule has 0 spiro atoms. The van der Waals surface area contributed by atoms with Crippen LogP contribution >= 0.6 is 0 Å². The quantitative estimate of drug-likeness (QED) is 0.862. The fourth-order valence-electron chi connectivity index (χ4n) is 2.63. The molecule has 0 saturated heterocycles. The standard InChI is InChI=1S/C15H17N3O3/c19-12-6-11(7-12)13(5-10-1-3-16-4-2-10)18-15(20)14-8-17-9-21-14/h1-4,8-9,11-13,19H,5-7H2,(H,18,20)/t11?,12?,13-/m0/s1. The van der Waals surface area contributed by atoms with E-state index in [1.807, 2.05) is 12.1 Å². The van der Waals surface area contributed by atoms with Crippen molar-refractivity contribution in [2.75, 3.05) is 0 Å². The van der Waals surface area contributed by atoms with Crippen LogP contribution in [0, 0.1) is 5.92 Å². The molecule has 2 heterocycles. The zero-order valence-corrected chi connectivity index (χ0v) is 11.5. The summed E-state index contributed by atoms with van der Waals surface area (Å²) >= 11 is 0. The number of pyridine rings is 1. The van der Waals surface area contributed by atoms with Crippen LogP contribution in [0.5, 0.6) is 0 Å². The molecule has 1 aliphatic rings. The van der Waals surface area contributed by atoms with Gasteiger partial charge in [0.1, 0.15) is 0 Å². The van der Waals surface area contributed by atoms with Gasteiger partial charge in [0, 0.05) is 18.4 Å². The summed E-state index contributed by atoms with van der Waals surface area (Å²) in [6.45, 7) is 0. The van der Waals surface area contributed by atoms with Crippen LogP contribution in [0.4, 0.5) is 0 Å². The second-order valence-electron chi connectivity index (χ2n) is 5.39. The lowest BCUT2D eigenvalue weighted by atomic mass is 9.75. The molecule has 6 nitrogen and oxygen atoms in total. The highest BCUT2D eigenvalue weighted by Gasteiger charge is 2.35. The molecule has 1 saturated carbocycles. The molecule has 1 atom stereocenters. The number of aromatic nitrogens is 2. The first kappa shape index (κ1) is 13.8. The number of carbonyl (C=O) groups excluding carboxylic acids is 1. The molecule has 21 heavy (non-hydrogen) atoms. The minimum atomic E-state index is -0.270. The molecule has 6 heteroatoms. The Kier molecular flexibility index (Phi) is 3.96. The Labute approximate surface area is 122 Å². The topological polar surface area (TPSA) is 88.2 Å². The molecule has 3 rings (SSSR count). The lowest BCUT2D eigenvalue weighted by molar-refractivity contribution is 0.0236. The minimum absolute atomic E-state index is 0.0339. The first-order valence-electron chi connectivity index (χ1n) is 6.98. The van der Waals surface area contributed by atoms with Crippen LogP contribution in [-0.4, -0.2) is 33.1 Å². The molecule has 1 aliphatic carbocycles. The Morgan fingerprint density at radius 3 is 2.76 bits per heavy atom. The number of amides is 1. The van der Waals surface area contributed by atoms with E-state index in [-0.39, 0.29) is 29.7 Å². The Morgan fingerprint density at radius 1 is 1.38 bits per heavy atom. The van der Waals surface area contributed by atoms with Crippen molar-refractivity contribution in [3.8, 4) is 0 Å². The molecular weight excluding hydrogens is 270 g/mol. The van der Waals surface area contributed by atoms with Crippen LogP contribution in [0.15, 0.2) is 41.5 Å². The van der Waals surface area contributed by atoms with Crippen molar-refractivity contribution in [1.82, 2.24) is 15.3 Å². The number of rotatable bonds is 5. The summed E-state index contributed by atoms with van der Waals surface area (Å²) < 4.78 is 5.02. The third-order valence-electron chi connectivity index (χ3n) is 3.90. The van der Waals surface area contributed by atoms with Gasteiger partial charge in [0.25, 0.3) is 5.91 Å². The van der Waals surface area contributed by atoms with E-state index >= 15 is 0 Å². The second kappa shape index (κ2) is 6.05. The van der Waals surface area contributed by atoms with Crippen molar-refractivity contribution >= 4 is 5.91 Å². The van der Waals surface area contributed by atoms with Crippen molar-refractivity contribution in [3.63, 3.8) is 0 Å². The molecule has 0 aliphatic heterocycles. The van der Waals surface area contributed by atoms with E-state index in [0.717, 1.165) is 5.56 Å². The molecule has 0 aromatic carbocycles. The monoisotopic (exact) mass is 287 g/mol. The third-order valence-corrected chi connectivity index (χ3v) is 3.90. The maximum Gasteiger partial charge on any atom is 0.288 e. The molecule has 0 radical (unpaired) electrons. The lowest BCUT2D eigenvalue weighted by Crippen LogP contribution is -2.48. The average Bonchev–Trinajstić information content (AvgIpc) is 2.98. The van der Waals surface area contributed by atoms with Gasteiger partial charge < -0.3 is 14.8 Å². The smallest absolute Gasteiger partial charge is 0.288 e. The third kappa shape index (κ3) is 3.28. The van der Waals surface area contributed by atoms with E-state index in [1.54, 1.807) is 12.4 Å². The lowest BCUT2D eigenvalue weighted by Gasteiger charge is -2.38. The second-order valence-corrected chi connectivity index (χ2v) is 5.39. The van der Waals surface area contributed by atoms with Gasteiger partial charge in [-0.1, -0.05) is 0 Å². The summed E-state index contributed by atoms with van der Waals surface area (Å²) in [4.78, 5) is 19.9. The molecule has 0 unspecified atom stereocenters. The van der Waals surface area contributed by atoms with E-state index in [4.69, 9.17) is 4.42 Å². The van der Waals surface area contributed by atoms with Crippen LogP contribution in [0.3, 0.4) is 0 Å². The van der Waals surface area contributed by atoms with E-state index in [1.165, 1.54) is 12.6 Å². The number of nitrogens with one attached hydrogen (secondary N) is 1. The van der Waals surface area contributed by atoms with Gasteiger partial charge in [0.15, 0.2) is 6.39 Å². The molecule has 0 bridgehead atoms. The van der Waals surface area contributed by atoms with Crippen LogP contribution in [0.25, 0.3) is 0 Å². The van der Waals surface area contributed by atoms with Crippen LogP contribution < -0.4 is 5.32 Å². The fraction of sp³-hybridized carbons (Fsp3) is 0.400. The summed E-state index contributed by atoms with van der Waals surface area (Å²) in [7, 11) is 0. The van der Waals surface area contributed by atoms with Gasteiger partial charge in [-0.15, -0.1) is 0 Å². The van der Waals surface area contributed by atoms with Crippen LogP contribution in [-0.2, 0) is 6.42 Å². The summed E-state index contributed by atoms with van der Waals surface area (Å²) in [5, 5.41) is 12.5. The van der Waals surface area contributed by atoms with Crippen molar-refractivity contribution in [3.05, 3.63) is 48.4 Å². The zero-order chi connectivity index (χ0) is 14.7. The van der Waals surface area contributed by atoms with Crippen molar-refractivity contribution in [2.45, 2.75) is 31.4 Å². The van der Waals surface area contributed by atoms with Gasteiger partial charge in [-0.25, -0.2) is 4.98 Å². The number of carbonyl (C=O) groups is 1. The number of hydrogen-bond donors (Lipinski definition) is 2. The van der Waals surface area contributed by atoms with Gasteiger partial charge in [-0.3, -0.25) is 9.78 Å². The summed E-state index contributed by atoms with van der Waals surface area (Å²) in [5.41, 5.74) is 1.11. The molecule has 2 aromatic heterocycles. The molecule has 2 aromatic rings. The summed E-state index contributed by atoms with van der Waals surface area (Å²) in [6, 6.07) is 3.83. The van der Waals surface area contributed by atoms with Crippen molar-refractivity contribution in [1.29, 1.82) is 0 Å². The maximum absolute atomic E-state index is 12.1. The number of aliphatic hydroxyl groups is 1. The highest BCUT2D eigenvalue weighted by molar-refractivity contribution is 5.91. The predicted molar refractivity (Wildman–Crippen MR) is 74.4 cm³/mol. The summed E-state index contributed by atoms with van der Waals surface area (Å²) in [6.07, 6.45) is 7.99. The first-order valence-corrected chi connectivity index (χ1v) is 6.98. The minimum Gasteiger partial charge on any atom is -0.438 e. The molecular formula is C15H17N3O3. The van der Waals surface area contributed by atoms with Gasteiger partial charge in [0.05, 0.1) is 12.3 Å². The number of hydrogen-bond acceptors (Lipinski definition) is 5. The number of nitrogens with zero attached hydrogens (tertiary/aromatic N) is 2. The SMILES string of the molecule is O=C(N[C@@H](Cc1ccncc1)C1CC(O)C1)c1cnco1. The normalized spacial score (nSPS) is 22.3. The first-order chi connectivity index (χ1) is 10.2. The molecule has 1 amide bonds. The Balaban J connectivity index is 1.69. The fourth-order valence-corrected chi connectivity index (χ4v) is 2.63. The van der Waals surface area contributed by atoms with Gasteiger partial charge >= 0.3 is 0 Å². The van der Waals surface area contributed by atoms with Gasteiger partial charge in [-0.2, -0.15) is 0 Å². The highest BCUT2D eigenvalue weighted by Crippen LogP contribution is 2.31. The number of oxazole rings is 1. The van der Waals surface area contributed by atoms with Crippen molar-refractivity contribution in [2.24, 2.45) is 5.92 Å². The Bertz CT molecular complexity index is 579. The molecule has 2 N–H and O–H groups in total. The van der Waals surface area contributed by atoms with E-state index in [0.29, 0.717) is 19.3 Å². The molecule has 110 valence electrons. The Hall–Kier alpha value is -2.21. The Morgan fingerprint density at radius 2 is 2.14 bits per heavy atom. The highest BCUT2D eigenvalue weighted by atomic mass is 16.3.